The van der Waals surface area contributed by atoms with Gasteiger partial charge in [-0.05, 0) is 24.4 Å². The Kier molecular flexibility index (Phi) is 4.81. The number of hydrogen-bond donors (Lipinski definition) is 1. The maximum Gasteiger partial charge on any atom is 0.266 e. The van der Waals surface area contributed by atoms with Crippen LogP contribution in [0.25, 0.3) is 10.6 Å². The van der Waals surface area contributed by atoms with E-state index in [0.717, 1.165) is 15.6 Å². The Morgan fingerprint density at radius 1 is 1.33 bits per heavy atom. The minimum atomic E-state index is -0.432. The maximum absolute atomic E-state index is 12.2. The lowest BCUT2D eigenvalue weighted by molar-refractivity contribution is -0.119. The number of aromatic nitrogens is 4. The molecule has 1 atom stereocenters. The van der Waals surface area contributed by atoms with Crippen molar-refractivity contribution < 1.29 is 4.79 Å². The molecule has 9 heteroatoms. The molecule has 0 saturated carbocycles. The Balaban J connectivity index is 1.73. The van der Waals surface area contributed by atoms with Crippen molar-refractivity contribution in [2.24, 2.45) is 5.92 Å². The fourth-order valence-electron chi connectivity index (χ4n) is 2.05. The predicted octanol–water partition coefficient (Wildman–Crippen LogP) is 2.41. The van der Waals surface area contributed by atoms with Crippen LogP contribution in [0.5, 0.6) is 0 Å². The number of nitrogens with zero attached hydrogens (tertiary/aromatic N) is 4. The average Bonchev–Trinajstić information content (AvgIpc) is 3.21. The molecule has 1 amide bonds. The number of carbonyl (C=O) groups is 1. The van der Waals surface area contributed by atoms with Gasteiger partial charge in [0.1, 0.15) is 10.7 Å². The maximum atomic E-state index is 12.2. The second-order valence-electron chi connectivity index (χ2n) is 5.23. The molecule has 24 heavy (non-hydrogen) atoms. The molecule has 0 saturated heterocycles. The molecular formula is C15H15N5O2S2. The molecule has 0 aliphatic heterocycles. The number of aryl methyl sites for hydroxylation is 1. The van der Waals surface area contributed by atoms with Crippen LogP contribution in [0.2, 0.25) is 0 Å². The van der Waals surface area contributed by atoms with Crippen molar-refractivity contribution in [3.63, 3.8) is 0 Å². The van der Waals surface area contributed by atoms with Crippen molar-refractivity contribution in [3.05, 3.63) is 45.0 Å². The lowest BCUT2D eigenvalue weighted by Crippen LogP contribution is -2.30. The molecule has 1 unspecified atom stereocenters. The summed E-state index contributed by atoms with van der Waals surface area (Å²) in [5.74, 6) is -0.653. The third-order valence-electron chi connectivity index (χ3n) is 3.29. The molecule has 0 aromatic carbocycles. The lowest BCUT2D eigenvalue weighted by Gasteiger charge is -2.12. The fourth-order valence-corrected chi connectivity index (χ4v) is 3.34. The van der Waals surface area contributed by atoms with Gasteiger partial charge in [-0.2, -0.15) is 5.10 Å². The molecule has 1 N–H and O–H groups in total. The van der Waals surface area contributed by atoms with Gasteiger partial charge in [0.15, 0.2) is 0 Å². The van der Waals surface area contributed by atoms with Crippen LogP contribution in [-0.4, -0.2) is 25.9 Å². The predicted molar refractivity (Wildman–Crippen MR) is 94.2 cm³/mol. The quantitative estimate of drug-likeness (QED) is 0.754. The third kappa shape index (κ3) is 3.74. The molecule has 124 valence electrons. The molecule has 0 aliphatic rings. The Bertz CT molecular complexity index is 901. The third-order valence-corrected chi connectivity index (χ3v) is 4.94. The van der Waals surface area contributed by atoms with E-state index in [2.05, 4.69) is 20.6 Å². The summed E-state index contributed by atoms with van der Waals surface area (Å²) in [6.07, 6.45) is 0. The highest BCUT2D eigenvalue weighted by molar-refractivity contribution is 7.15. The highest BCUT2D eigenvalue weighted by Crippen LogP contribution is 2.21. The second-order valence-corrected chi connectivity index (χ2v) is 7.36. The topological polar surface area (TPSA) is 89.8 Å². The van der Waals surface area contributed by atoms with E-state index in [9.17, 15) is 9.59 Å². The van der Waals surface area contributed by atoms with Crippen LogP contribution in [-0.2, 0) is 11.3 Å². The molecular weight excluding hydrogens is 346 g/mol. The molecule has 7 nitrogen and oxygen atoms in total. The first-order chi connectivity index (χ1) is 11.5. The number of hydrogen-bond acceptors (Lipinski definition) is 7. The normalized spacial score (nSPS) is 12.1. The van der Waals surface area contributed by atoms with E-state index in [-0.39, 0.29) is 18.0 Å². The highest BCUT2D eigenvalue weighted by Gasteiger charge is 2.17. The van der Waals surface area contributed by atoms with E-state index in [1.54, 1.807) is 24.3 Å². The zero-order valence-corrected chi connectivity index (χ0v) is 14.7. The van der Waals surface area contributed by atoms with Crippen LogP contribution < -0.4 is 10.9 Å². The van der Waals surface area contributed by atoms with E-state index in [1.807, 2.05) is 24.4 Å². The van der Waals surface area contributed by atoms with Crippen LogP contribution in [0, 0.1) is 12.8 Å². The smallest absolute Gasteiger partial charge is 0.266 e. The Labute approximate surface area is 146 Å². The number of carbonyl (C=O) groups excluding carboxylic acids is 1. The molecule has 3 heterocycles. The Morgan fingerprint density at radius 2 is 2.17 bits per heavy atom. The van der Waals surface area contributed by atoms with Gasteiger partial charge in [-0.15, -0.1) is 21.5 Å². The van der Waals surface area contributed by atoms with Crippen molar-refractivity contribution >= 4 is 33.7 Å². The van der Waals surface area contributed by atoms with E-state index in [0.29, 0.717) is 5.13 Å². The van der Waals surface area contributed by atoms with Crippen LogP contribution in [0.4, 0.5) is 5.13 Å². The van der Waals surface area contributed by atoms with Crippen LogP contribution in [0.1, 0.15) is 11.9 Å². The number of thiophene rings is 1. The first-order valence-corrected chi connectivity index (χ1v) is 8.95. The van der Waals surface area contributed by atoms with Gasteiger partial charge in [0.25, 0.3) is 5.56 Å². The largest absolute Gasteiger partial charge is 0.300 e. The molecule has 3 aromatic rings. The van der Waals surface area contributed by atoms with E-state index >= 15 is 0 Å². The zero-order valence-electron chi connectivity index (χ0n) is 13.1. The van der Waals surface area contributed by atoms with Gasteiger partial charge in [0, 0.05) is 6.07 Å². The minimum absolute atomic E-state index is 0.196. The molecule has 0 fully saturated rings. The number of rotatable bonds is 5. The SMILES string of the molecule is Cc1nnc(NC(=O)C(C)Cn2nc(-c3cccs3)ccc2=O)s1. The summed E-state index contributed by atoms with van der Waals surface area (Å²) in [7, 11) is 0. The van der Waals surface area contributed by atoms with Crippen molar-refractivity contribution in [3.8, 4) is 10.6 Å². The van der Waals surface area contributed by atoms with Gasteiger partial charge in [-0.3, -0.25) is 9.59 Å². The van der Waals surface area contributed by atoms with Gasteiger partial charge in [-0.25, -0.2) is 4.68 Å². The Morgan fingerprint density at radius 3 is 2.83 bits per heavy atom. The van der Waals surface area contributed by atoms with Gasteiger partial charge in [0.05, 0.1) is 17.3 Å². The summed E-state index contributed by atoms with van der Waals surface area (Å²) >= 11 is 2.86. The van der Waals surface area contributed by atoms with Crippen LogP contribution in [0.3, 0.4) is 0 Å². The van der Waals surface area contributed by atoms with Gasteiger partial charge >= 0.3 is 0 Å². The van der Waals surface area contributed by atoms with Crippen molar-refractivity contribution in [2.45, 2.75) is 20.4 Å². The zero-order chi connectivity index (χ0) is 17.1. The molecule has 0 spiro atoms. The van der Waals surface area contributed by atoms with Crippen molar-refractivity contribution in [1.29, 1.82) is 0 Å². The standard InChI is InChI=1S/C15H15N5O2S2/c1-9(14(22)16-15-18-17-10(2)24-15)8-20-13(21)6-5-11(19-20)12-4-3-7-23-12/h3-7,9H,8H2,1-2H3,(H,16,18,22). The summed E-state index contributed by atoms with van der Waals surface area (Å²) in [5, 5.41) is 18.0. The highest BCUT2D eigenvalue weighted by atomic mass is 32.1. The summed E-state index contributed by atoms with van der Waals surface area (Å²) in [4.78, 5) is 25.2. The van der Waals surface area contributed by atoms with Gasteiger partial charge < -0.3 is 5.32 Å². The van der Waals surface area contributed by atoms with E-state index in [1.165, 1.54) is 22.1 Å². The summed E-state index contributed by atoms with van der Waals surface area (Å²) < 4.78 is 1.32. The summed E-state index contributed by atoms with van der Waals surface area (Å²) in [5.41, 5.74) is 0.485. The number of anilines is 1. The van der Waals surface area contributed by atoms with Gasteiger partial charge in [0.2, 0.25) is 11.0 Å². The van der Waals surface area contributed by atoms with Gasteiger partial charge in [-0.1, -0.05) is 24.3 Å². The first kappa shape index (κ1) is 16.5. The van der Waals surface area contributed by atoms with E-state index in [4.69, 9.17) is 0 Å². The van der Waals surface area contributed by atoms with Crippen molar-refractivity contribution in [1.82, 2.24) is 20.0 Å². The first-order valence-electron chi connectivity index (χ1n) is 7.26. The lowest BCUT2D eigenvalue weighted by atomic mass is 10.1. The molecule has 3 aromatic heterocycles. The van der Waals surface area contributed by atoms with E-state index < -0.39 is 5.92 Å². The minimum Gasteiger partial charge on any atom is -0.300 e. The molecule has 3 rings (SSSR count). The number of amides is 1. The van der Waals surface area contributed by atoms with Crippen molar-refractivity contribution in [2.75, 3.05) is 5.32 Å². The monoisotopic (exact) mass is 361 g/mol. The fraction of sp³-hybridized carbons (Fsp3) is 0.267. The second kappa shape index (κ2) is 7.02. The Hall–Kier alpha value is -2.39. The molecule has 0 aliphatic carbocycles. The summed E-state index contributed by atoms with van der Waals surface area (Å²) in [6, 6.07) is 7.03. The molecule has 0 radical (unpaired) electrons. The number of nitrogens with one attached hydrogen (secondary N) is 1. The molecule has 0 bridgehead atoms. The summed E-state index contributed by atoms with van der Waals surface area (Å²) in [6.45, 7) is 3.76. The van der Waals surface area contributed by atoms with Crippen LogP contribution in [0.15, 0.2) is 34.4 Å². The average molecular weight is 361 g/mol. The van der Waals surface area contributed by atoms with Crippen LogP contribution >= 0.6 is 22.7 Å².